The van der Waals surface area contributed by atoms with Crippen LogP contribution in [-0.2, 0) is 11.2 Å². The van der Waals surface area contributed by atoms with E-state index in [-0.39, 0.29) is 11.2 Å². The maximum absolute atomic E-state index is 12.0. The molecule has 1 aliphatic heterocycles. The monoisotopic (exact) mass is 421 g/mol. The van der Waals surface area contributed by atoms with E-state index in [2.05, 4.69) is 31.4 Å². The summed E-state index contributed by atoms with van der Waals surface area (Å²) in [5.41, 5.74) is 2.00. The molecule has 1 amide bonds. The van der Waals surface area contributed by atoms with Gasteiger partial charge in [-0.3, -0.25) is 4.79 Å². The van der Waals surface area contributed by atoms with Crippen LogP contribution < -0.4 is 5.32 Å². The third-order valence-corrected chi connectivity index (χ3v) is 5.19. The third-order valence-electron chi connectivity index (χ3n) is 3.34. The molecule has 1 fully saturated rings. The van der Waals surface area contributed by atoms with Gasteiger partial charge in [-0.05, 0) is 41.8 Å². The summed E-state index contributed by atoms with van der Waals surface area (Å²) >= 11 is 10.6. The number of nitrogens with one attached hydrogen (secondary N) is 1. The molecule has 1 atom stereocenters. The molecule has 0 bridgehead atoms. The molecule has 2 aromatic rings. The fourth-order valence-corrected chi connectivity index (χ4v) is 3.47. The first-order valence-electron chi connectivity index (χ1n) is 7.19. The highest BCUT2D eigenvalue weighted by Crippen LogP contribution is 2.24. The summed E-state index contributed by atoms with van der Waals surface area (Å²) < 4.78 is 1.02. The fourth-order valence-electron chi connectivity index (χ4n) is 2.12. The number of nitrogens with zero attached hydrogens (tertiary/aromatic N) is 2. The Hall–Kier alpha value is -1.63. The molecule has 0 unspecified atom stereocenters. The van der Waals surface area contributed by atoms with Crippen LogP contribution in [0.1, 0.15) is 11.1 Å². The second-order valence-electron chi connectivity index (χ2n) is 5.13. The van der Waals surface area contributed by atoms with Gasteiger partial charge in [-0.25, -0.2) is 0 Å². The molecule has 122 valence electrons. The molecule has 7 heteroatoms. The van der Waals surface area contributed by atoms with Crippen LogP contribution in [0.2, 0.25) is 5.02 Å². The van der Waals surface area contributed by atoms with Crippen LogP contribution in [0.15, 0.2) is 63.2 Å². The Balaban J connectivity index is 1.61. The Labute approximate surface area is 157 Å². The normalized spacial score (nSPS) is 19.2. The zero-order valence-corrected chi connectivity index (χ0v) is 15.6. The molecule has 0 aliphatic carbocycles. The SMILES string of the molecule is O=C1N/C(=N/N=C\c2ccc(Cl)cc2)S[C@@H]1Cc1ccc(Br)cc1. The van der Waals surface area contributed by atoms with E-state index < -0.39 is 0 Å². The lowest BCUT2D eigenvalue weighted by molar-refractivity contribution is -0.118. The molecular formula is C17H13BrClN3OS. The van der Waals surface area contributed by atoms with Crippen molar-refractivity contribution < 1.29 is 4.79 Å². The Morgan fingerprint density at radius 3 is 2.58 bits per heavy atom. The van der Waals surface area contributed by atoms with E-state index in [0.29, 0.717) is 16.6 Å². The van der Waals surface area contributed by atoms with Gasteiger partial charge in [0.25, 0.3) is 0 Å². The van der Waals surface area contributed by atoms with E-state index in [1.807, 2.05) is 36.4 Å². The average molecular weight is 423 g/mol. The van der Waals surface area contributed by atoms with Crippen molar-refractivity contribution >= 4 is 56.6 Å². The molecule has 4 nitrogen and oxygen atoms in total. The summed E-state index contributed by atoms with van der Waals surface area (Å²) in [4.78, 5) is 12.0. The Morgan fingerprint density at radius 2 is 1.88 bits per heavy atom. The number of hydrogen-bond acceptors (Lipinski definition) is 4. The highest BCUT2D eigenvalue weighted by Gasteiger charge is 2.30. The number of halogens is 2. The minimum absolute atomic E-state index is 0.0386. The number of carbonyl (C=O) groups excluding carboxylic acids is 1. The van der Waals surface area contributed by atoms with E-state index in [0.717, 1.165) is 15.6 Å². The van der Waals surface area contributed by atoms with Gasteiger partial charge in [0.2, 0.25) is 5.91 Å². The molecule has 1 N–H and O–H groups in total. The molecule has 0 spiro atoms. The Kier molecular flexibility index (Phi) is 5.71. The Morgan fingerprint density at radius 1 is 1.17 bits per heavy atom. The van der Waals surface area contributed by atoms with E-state index in [4.69, 9.17) is 11.6 Å². The first-order chi connectivity index (χ1) is 11.6. The van der Waals surface area contributed by atoms with Crippen molar-refractivity contribution in [2.24, 2.45) is 10.2 Å². The van der Waals surface area contributed by atoms with Crippen molar-refractivity contribution in [3.8, 4) is 0 Å². The number of hydrogen-bond donors (Lipinski definition) is 1. The second kappa shape index (κ2) is 7.96. The minimum Gasteiger partial charge on any atom is -0.303 e. The standard InChI is InChI=1S/C17H13BrClN3OS/c18-13-5-1-11(2-6-13)9-15-16(23)21-17(24-15)22-20-10-12-3-7-14(19)8-4-12/h1-8,10,15H,9H2,(H,21,22,23)/b20-10-/t15-/m1/s1. The summed E-state index contributed by atoms with van der Waals surface area (Å²) in [7, 11) is 0. The summed E-state index contributed by atoms with van der Waals surface area (Å²) in [6.07, 6.45) is 2.28. The molecule has 3 rings (SSSR count). The van der Waals surface area contributed by atoms with Crippen LogP contribution in [-0.4, -0.2) is 22.5 Å². The van der Waals surface area contributed by atoms with Crippen LogP contribution in [0.25, 0.3) is 0 Å². The molecule has 1 saturated heterocycles. The predicted molar refractivity (Wildman–Crippen MR) is 104 cm³/mol. The molecular weight excluding hydrogens is 410 g/mol. The van der Waals surface area contributed by atoms with Crippen molar-refractivity contribution in [2.45, 2.75) is 11.7 Å². The van der Waals surface area contributed by atoms with Gasteiger partial charge in [0.15, 0.2) is 5.17 Å². The van der Waals surface area contributed by atoms with E-state index >= 15 is 0 Å². The van der Waals surface area contributed by atoms with Gasteiger partial charge in [-0.2, -0.15) is 5.10 Å². The predicted octanol–water partition coefficient (Wildman–Crippen LogP) is 4.27. The zero-order valence-electron chi connectivity index (χ0n) is 12.4. The summed E-state index contributed by atoms with van der Waals surface area (Å²) in [5.74, 6) is -0.0386. The number of rotatable bonds is 4. The van der Waals surface area contributed by atoms with Crippen LogP contribution in [0.4, 0.5) is 0 Å². The van der Waals surface area contributed by atoms with Crippen LogP contribution in [0.3, 0.4) is 0 Å². The lowest BCUT2D eigenvalue weighted by Gasteiger charge is -2.05. The first kappa shape index (κ1) is 17.2. The number of amides is 1. The number of thioether (sulfide) groups is 1. The van der Waals surface area contributed by atoms with Crippen molar-refractivity contribution in [3.05, 3.63) is 69.2 Å². The second-order valence-corrected chi connectivity index (χ2v) is 7.67. The Bertz CT molecular complexity index is 790. The molecule has 24 heavy (non-hydrogen) atoms. The van der Waals surface area contributed by atoms with Crippen LogP contribution >= 0.6 is 39.3 Å². The van der Waals surface area contributed by atoms with Crippen molar-refractivity contribution in [1.29, 1.82) is 0 Å². The quantitative estimate of drug-likeness (QED) is 0.591. The minimum atomic E-state index is -0.185. The number of carbonyl (C=O) groups is 1. The maximum Gasteiger partial charge on any atom is 0.239 e. The highest BCUT2D eigenvalue weighted by atomic mass is 79.9. The molecule has 1 aliphatic rings. The van der Waals surface area contributed by atoms with Gasteiger partial charge in [-0.15, -0.1) is 5.10 Å². The lowest BCUT2D eigenvalue weighted by Crippen LogP contribution is -2.25. The van der Waals surface area contributed by atoms with E-state index in [9.17, 15) is 4.79 Å². The topological polar surface area (TPSA) is 53.8 Å². The first-order valence-corrected chi connectivity index (χ1v) is 9.24. The fraction of sp³-hybridized carbons (Fsp3) is 0.118. The molecule has 2 aromatic carbocycles. The van der Waals surface area contributed by atoms with Gasteiger partial charge in [0, 0.05) is 9.50 Å². The van der Waals surface area contributed by atoms with Crippen LogP contribution in [0.5, 0.6) is 0 Å². The van der Waals surface area contributed by atoms with Gasteiger partial charge >= 0.3 is 0 Å². The van der Waals surface area contributed by atoms with Crippen LogP contribution in [0, 0.1) is 0 Å². The van der Waals surface area contributed by atoms with Gasteiger partial charge in [-0.1, -0.05) is 63.6 Å². The van der Waals surface area contributed by atoms with Crippen molar-refractivity contribution in [1.82, 2.24) is 5.32 Å². The lowest BCUT2D eigenvalue weighted by atomic mass is 10.1. The van der Waals surface area contributed by atoms with Gasteiger partial charge < -0.3 is 5.32 Å². The van der Waals surface area contributed by atoms with Gasteiger partial charge in [0.1, 0.15) is 0 Å². The average Bonchev–Trinajstić information content (AvgIpc) is 2.91. The molecule has 0 saturated carbocycles. The number of benzene rings is 2. The molecule has 0 radical (unpaired) electrons. The largest absolute Gasteiger partial charge is 0.303 e. The zero-order chi connectivity index (χ0) is 16.9. The number of amidine groups is 1. The summed E-state index contributed by atoms with van der Waals surface area (Å²) in [6, 6.07) is 15.2. The van der Waals surface area contributed by atoms with Crippen molar-refractivity contribution in [3.63, 3.8) is 0 Å². The van der Waals surface area contributed by atoms with E-state index in [1.165, 1.54) is 11.8 Å². The molecule has 1 heterocycles. The highest BCUT2D eigenvalue weighted by molar-refractivity contribution is 9.10. The van der Waals surface area contributed by atoms with E-state index in [1.54, 1.807) is 18.3 Å². The van der Waals surface area contributed by atoms with Crippen molar-refractivity contribution in [2.75, 3.05) is 0 Å². The van der Waals surface area contributed by atoms with Gasteiger partial charge in [0.05, 0.1) is 11.5 Å². The third kappa shape index (κ3) is 4.69. The molecule has 0 aromatic heterocycles. The summed E-state index contributed by atoms with van der Waals surface area (Å²) in [5, 5.41) is 11.9. The smallest absolute Gasteiger partial charge is 0.239 e. The summed E-state index contributed by atoms with van der Waals surface area (Å²) in [6.45, 7) is 0. The maximum atomic E-state index is 12.0.